The van der Waals surface area contributed by atoms with Gasteiger partial charge in [-0.2, -0.15) is 0 Å². The van der Waals surface area contributed by atoms with Gasteiger partial charge in [0, 0.05) is 31.0 Å². The first-order chi connectivity index (χ1) is 13.6. The first kappa shape index (κ1) is 19.8. The zero-order valence-corrected chi connectivity index (χ0v) is 17.0. The van der Waals surface area contributed by atoms with E-state index in [4.69, 9.17) is 16.3 Å². The fourth-order valence-electron chi connectivity index (χ4n) is 5.08. The van der Waals surface area contributed by atoms with Gasteiger partial charge in [0.1, 0.15) is 5.82 Å². The summed E-state index contributed by atoms with van der Waals surface area (Å²) in [7, 11) is 0. The van der Waals surface area contributed by atoms with Crippen molar-refractivity contribution in [2.75, 3.05) is 13.2 Å². The molecule has 0 unspecified atom stereocenters. The second kappa shape index (κ2) is 8.48. The molecule has 4 rings (SSSR count). The molecule has 1 aliphatic carbocycles. The molecule has 150 valence electrons. The maximum Gasteiger partial charge on any atom is 0.123 e. The van der Waals surface area contributed by atoms with E-state index in [-0.39, 0.29) is 16.8 Å². The molecule has 2 fully saturated rings. The van der Waals surface area contributed by atoms with Crippen LogP contribution in [0.1, 0.15) is 56.1 Å². The van der Waals surface area contributed by atoms with E-state index in [0.29, 0.717) is 5.02 Å². The Hall–Kier alpha value is -1.49. The third kappa shape index (κ3) is 4.40. The van der Waals surface area contributed by atoms with Gasteiger partial charge in [-0.15, -0.1) is 0 Å². The van der Waals surface area contributed by atoms with Gasteiger partial charge in [-0.25, -0.2) is 4.39 Å². The minimum Gasteiger partial charge on any atom is -0.375 e. The normalized spacial score (nSPS) is 23.9. The quantitative estimate of drug-likeness (QED) is 0.655. The van der Waals surface area contributed by atoms with Crippen LogP contribution in [0.25, 0.3) is 0 Å². The van der Waals surface area contributed by atoms with Crippen LogP contribution in [0.2, 0.25) is 5.02 Å². The summed E-state index contributed by atoms with van der Waals surface area (Å²) in [5, 5.41) is 4.21. The van der Waals surface area contributed by atoms with Crippen LogP contribution in [0, 0.1) is 5.82 Å². The van der Waals surface area contributed by atoms with Crippen molar-refractivity contribution in [3.8, 4) is 0 Å². The standard InChI is InChI=1S/C23H28ClFN2O/c24-20-13-18(15-27-16-20)14-26-11-9-22(19-3-5-21(25)6-4-19)10-12-28-23(17-22)7-1-2-8-23/h3-6,13,15-16,26H,1-2,7-12,14,17H2/t22-/m0/s1. The van der Waals surface area contributed by atoms with E-state index in [0.717, 1.165) is 57.4 Å². The third-order valence-corrected chi connectivity index (χ3v) is 6.70. The smallest absolute Gasteiger partial charge is 0.123 e. The Labute approximate surface area is 171 Å². The van der Waals surface area contributed by atoms with Crippen molar-refractivity contribution >= 4 is 11.6 Å². The third-order valence-electron chi connectivity index (χ3n) is 6.49. The van der Waals surface area contributed by atoms with Crippen LogP contribution in [0.3, 0.4) is 0 Å². The van der Waals surface area contributed by atoms with Gasteiger partial charge < -0.3 is 10.1 Å². The van der Waals surface area contributed by atoms with E-state index in [2.05, 4.69) is 10.3 Å². The van der Waals surface area contributed by atoms with Gasteiger partial charge in [-0.3, -0.25) is 4.98 Å². The Kier molecular flexibility index (Phi) is 6.00. The molecule has 2 heterocycles. The summed E-state index contributed by atoms with van der Waals surface area (Å²) in [4.78, 5) is 4.15. The lowest BCUT2D eigenvalue weighted by molar-refractivity contribution is -0.103. The molecule has 1 aromatic carbocycles. The molecule has 0 amide bonds. The number of benzene rings is 1. The number of pyridine rings is 1. The van der Waals surface area contributed by atoms with E-state index in [9.17, 15) is 4.39 Å². The Bertz CT molecular complexity index is 791. The average molecular weight is 403 g/mol. The van der Waals surface area contributed by atoms with Gasteiger partial charge in [-0.1, -0.05) is 36.6 Å². The number of halogens is 2. The lowest BCUT2D eigenvalue weighted by Crippen LogP contribution is -2.47. The summed E-state index contributed by atoms with van der Waals surface area (Å²) in [5.41, 5.74) is 2.39. The lowest BCUT2D eigenvalue weighted by Gasteiger charge is -2.47. The predicted molar refractivity (Wildman–Crippen MR) is 110 cm³/mol. The molecule has 2 aromatic rings. The Morgan fingerprint density at radius 1 is 1.11 bits per heavy atom. The second-order valence-corrected chi connectivity index (χ2v) is 8.83. The van der Waals surface area contributed by atoms with Crippen LogP contribution in [-0.2, 0) is 16.7 Å². The molecular formula is C23H28ClFN2O. The summed E-state index contributed by atoms with van der Waals surface area (Å²) in [6.07, 6.45) is 11.3. The minimum absolute atomic E-state index is 0.0174. The van der Waals surface area contributed by atoms with E-state index < -0.39 is 0 Å². The largest absolute Gasteiger partial charge is 0.375 e. The van der Waals surface area contributed by atoms with Crippen molar-refractivity contribution in [3.05, 3.63) is 64.7 Å². The molecular weight excluding hydrogens is 375 g/mol. The van der Waals surface area contributed by atoms with Crippen molar-refractivity contribution in [1.29, 1.82) is 0 Å². The zero-order valence-electron chi connectivity index (χ0n) is 16.2. The molecule has 0 bridgehead atoms. The summed E-state index contributed by atoms with van der Waals surface area (Å²) in [5.74, 6) is -0.173. The molecule has 1 aliphatic heterocycles. The van der Waals surface area contributed by atoms with Gasteiger partial charge in [0.2, 0.25) is 0 Å². The molecule has 0 radical (unpaired) electrons. The maximum absolute atomic E-state index is 13.5. The van der Waals surface area contributed by atoms with Gasteiger partial charge in [0.05, 0.1) is 10.6 Å². The van der Waals surface area contributed by atoms with Gasteiger partial charge >= 0.3 is 0 Å². The summed E-state index contributed by atoms with van der Waals surface area (Å²) in [6.45, 7) is 2.42. The Balaban J connectivity index is 1.47. The maximum atomic E-state index is 13.5. The Morgan fingerprint density at radius 2 is 1.89 bits per heavy atom. The van der Waals surface area contributed by atoms with Crippen LogP contribution in [0.4, 0.5) is 4.39 Å². The molecule has 3 nitrogen and oxygen atoms in total. The number of hydrogen-bond acceptors (Lipinski definition) is 3. The first-order valence-electron chi connectivity index (χ1n) is 10.3. The monoisotopic (exact) mass is 402 g/mol. The molecule has 1 spiro atoms. The minimum atomic E-state index is -0.173. The highest BCUT2D eigenvalue weighted by atomic mass is 35.5. The summed E-state index contributed by atoms with van der Waals surface area (Å²) < 4.78 is 19.8. The zero-order chi connectivity index (χ0) is 19.5. The highest BCUT2D eigenvalue weighted by Gasteiger charge is 2.47. The second-order valence-electron chi connectivity index (χ2n) is 8.39. The van der Waals surface area contributed by atoms with Crippen LogP contribution in [0.15, 0.2) is 42.7 Å². The van der Waals surface area contributed by atoms with Crippen molar-refractivity contribution in [2.45, 2.75) is 62.5 Å². The topological polar surface area (TPSA) is 34.2 Å². The molecule has 1 aromatic heterocycles. The van der Waals surface area contributed by atoms with E-state index in [1.807, 2.05) is 24.4 Å². The molecule has 2 aliphatic rings. The van der Waals surface area contributed by atoms with Crippen molar-refractivity contribution < 1.29 is 9.13 Å². The van der Waals surface area contributed by atoms with Crippen LogP contribution >= 0.6 is 11.6 Å². The highest BCUT2D eigenvalue weighted by Crippen LogP contribution is 2.50. The van der Waals surface area contributed by atoms with Crippen LogP contribution < -0.4 is 5.32 Å². The van der Waals surface area contributed by atoms with Crippen molar-refractivity contribution in [3.63, 3.8) is 0 Å². The van der Waals surface area contributed by atoms with Crippen molar-refractivity contribution in [1.82, 2.24) is 10.3 Å². The molecule has 1 atom stereocenters. The fourth-order valence-corrected chi connectivity index (χ4v) is 5.28. The van der Waals surface area contributed by atoms with Crippen LogP contribution in [-0.4, -0.2) is 23.7 Å². The van der Waals surface area contributed by atoms with E-state index in [1.54, 1.807) is 18.3 Å². The van der Waals surface area contributed by atoms with Crippen molar-refractivity contribution in [2.24, 2.45) is 0 Å². The number of hydrogen-bond donors (Lipinski definition) is 1. The molecule has 1 N–H and O–H groups in total. The number of nitrogens with one attached hydrogen (secondary N) is 1. The fraction of sp³-hybridized carbons (Fsp3) is 0.522. The van der Waals surface area contributed by atoms with Gasteiger partial charge in [0.25, 0.3) is 0 Å². The number of aromatic nitrogens is 1. The molecule has 5 heteroatoms. The van der Waals surface area contributed by atoms with Gasteiger partial charge in [0.15, 0.2) is 0 Å². The van der Waals surface area contributed by atoms with E-state index >= 15 is 0 Å². The summed E-state index contributed by atoms with van der Waals surface area (Å²) >= 11 is 6.03. The molecule has 28 heavy (non-hydrogen) atoms. The molecule has 1 saturated carbocycles. The SMILES string of the molecule is Fc1ccc([C@@]2(CCNCc3cncc(Cl)c3)CCOC3(CCCC3)C2)cc1. The number of rotatable bonds is 6. The Morgan fingerprint density at radius 3 is 2.64 bits per heavy atom. The number of nitrogens with zero attached hydrogens (tertiary/aromatic N) is 1. The highest BCUT2D eigenvalue weighted by molar-refractivity contribution is 6.30. The molecule has 1 saturated heterocycles. The predicted octanol–water partition coefficient (Wildman–Crippen LogP) is 5.42. The van der Waals surface area contributed by atoms with Crippen LogP contribution in [0.5, 0.6) is 0 Å². The number of ether oxygens (including phenoxy) is 1. The van der Waals surface area contributed by atoms with Gasteiger partial charge in [-0.05, 0) is 68.0 Å². The first-order valence-corrected chi connectivity index (χ1v) is 10.7. The van der Waals surface area contributed by atoms with E-state index in [1.165, 1.54) is 18.4 Å². The lowest BCUT2D eigenvalue weighted by atomic mass is 9.66. The summed E-state index contributed by atoms with van der Waals surface area (Å²) in [6, 6.07) is 9.09. The average Bonchev–Trinajstić information content (AvgIpc) is 3.13.